The topological polar surface area (TPSA) is 71.6 Å². The molecule has 0 saturated heterocycles. The van der Waals surface area contributed by atoms with Crippen molar-refractivity contribution >= 4 is 0 Å². The molecule has 1 aliphatic rings. The fraction of sp³-hybridized carbons (Fsp3) is 0.900. The predicted octanol–water partition coefficient (Wildman–Crippen LogP) is 3.85. The van der Waals surface area contributed by atoms with E-state index >= 15 is 0 Å². The average molecular weight is 333 g/mol. The van der Waals surface area contributed by atoms with E-state index in [1.165, 1.54) is 12.8 Å². The van der Waals surface area contributed by atoms with Gasteiger partial charge in [-0.05, 0) is 42.9 Å². The van der Waals surface area contributed by atoms with E-state index < -0.39 is 0 Å². The SMILES string of the molecule is CCC(C#N)CNCC1(C)CC(NCC(C#N)CC)CC(C)(C)C1. The summed E-state index contributed by atoms with van der Waals surface area (Å²) >= 11 is 0. The van der Waals surface area contributed by atoms with Crippen LogP contribution in [-0.4, -0.2) is 25.7 Å². The molecule has 1 aliphatic carbocycles. The largest absolute Gasteiger partial charge is 0.315 e. The molecule has 0 aromatic rings. The highest BCUT2D eigenvalue weighted by Crippen LogP contribution is 2.45. The zero-order valence-corrected chi connectivity index (χ0v) is 16.3. The number of rotatable bonds is 9. The minimum absolute atomic E-state index is 0.111. The number of nitriles is 2. The van der Waals surface area contributed by atoms with E-state index in [9.17, 15) is 0 Å². The third-order valence-electron chi connectivity index (χ3n) is 5.39. The maximum absolute atomic E-state index is 9.15. The van der Waals surface area contributed by atoms with Gasteiger partial charge in [-0.25, -0.2) is 0 Å². The molecule has 0 aromatic carbocycles. The second-order valence-corrected chi connectivity index (χ2v) is 8.76. The summed E-state index contributed by atoms with van der Waals surface area (Å²) in [4.78, 5) is 0. The molecule has 0 bridgehead atoms. The Morgan fingerprint density at radius 1 is 1.00 bits per heavy atom. The van der Waals surface area contributed by atoms with Crippen LogP contribution in [0.4, 0.5) is 0 Å². The first kappa shape index (κ1) is 20.9. The molecule has 24 heavy (non-hydrogen) atoms. The van der Waals surface area contributed by atoms with Gasteiger partial charge in [-0.2, -0.15) is 10.5 Å². The van der Waals surface area contributed by atoms with E-state index in [1.807, 2.05) is 0 Å². The van der Waals surface area contributed by atoms with Gasteiger partial charge in [-0.3, -0.25) is 0 Å². The first-order chi connectivity index (χ1) is 11.3. The molecular weight excluding hydrogens is 296 g/mol. The van der Waals surface area contributed by atoms with Crippen LogP contribution in [0.5, 0.6) is 0 Å². The maximum Gasteiger partial charge on any atom is 0.0669 e. The fourth-order valence-electron chi connectivity index (χ4n) is 4.33. The van der Waals surface area contributed by atoms with Crippen molar-refractivity contribution in [2.24, 2.45) is 22.7 Å². The number of hydrogen-bond acceptors (Lipinski definition) is 4. The summed E-state index contributed by atoms with van der Waals surface area (Å²) in [5.74, 6) is 0.223. The van der Waals surface area contributed by atoms with Crippen LogP contribution in [0.25, 0.3) is 0 Å². The summed E-state index contributed by atoms with van der Waals surface area (Å²) in [5.41, 5.74) is 0.543. The molecule has 0 heterocycles. The number of nitrogens with zero attached hydrogens (tertiary/aromatic N) is 2. The van der Waals surface area contributed by atoms with E-state index in [4.69, 9.17) is 10.5 Å². The van der Waals surface area contributed by atoms with Gasteiger partial charge < -0.3 is 10.6 Å². The molecule has 0 amide bonds. The minimum Gasteiger partial charge on any atom is -0.315 e. The summed E-state index contributed by atoms with van der Waals surface area (Å²) in [6.45, 7) is 13.8. The normalized spacial score (nSPS) is 28.5. The molecule has 4 unspecified atom stereocenters. The summed E-state index contributed by atoms with van der Waals surface area (Å²) in [5, 5.41) is 25.4. The third-order valence-corrected chi connectivity index (χ3v) is 5.39. The lowest BCUT2D eigenvalue weighted by Gasteiger charge is -2.47. The quantitative estimate of drug-likeness (QED) is 0.673. The summed E-state index contributed by atoms with van der Waals surface area (Å²) in [7, 11) is 0. The molecule has 1 rings (SSSR count). The summed E-state index contributed by atoms with van der Waals surface area (Å²) in [6, 6.07) is 5.23. The minimum atomic E-state index is 0.111. The Hall–Kier alpha value is -1.10. The van der Waals surface area contributed by atoms with Crippen molar-refractivity contribution < 1.29 is 0 Å². The monoisotopic (exact) mass is 332 g/mol. The molecule has 4 atom stereocenters. The van der Waals surface area contributed by atoms with Crippen molar-refractivity contribution in [3.63, 3.8) is 0 Å². The molecule has 1 saturated carbocycles. The fourth-order valence-corrected chi connectivity index (χ4v) is 4.33. The molecule has 1 fully saturated rings. The van der Waals surface area contributed by atoms with E-state index in [1.54, 1.807) is 0 Å². The van der Waals surface area contributed by atoms with E-state index in [-0.39, 0.29) is 17.3 Å². The standard InChI is InChI=1S/C20H36N4/c1-6-16(10-21)12-23-15-20(5)9-18(8-19(3,4)14-20)24-13-17(7-2)11-22/h16-18,23-24H,6-9,12-15H2,1-5H3. The Morgan fingerprint density at radius 3 is 2.12 bits per heavy atom. The molecule has 0 radical (unpaired) electrons. The molecule has 4 nitrogen and oxygen atoms in total. The van der Waals surface area contributed by atoms with Gasteiger partial charge >= 0.3 is 0 Å². The van der Waals surface area contributed by atoms with Crippen LogP contribution >= 0.6 is 0 Å². The highest BCUT2D eigenvalue weighted by molar-refractivity contribution is 4.97. The molecule has 0 spiro atoms. The maximum atomic E-state index is 9.15. The van der Waals surface area contributed by atoms with Crippen LogP contribution in [0, 0.1) is 45.3 Å². The molecule has 0 aromatic heterocycles. The van der Waals surface area contributed by atoms with E-state index in [0.717, 1.165) is 38.9 Å². The Bertz CT molecular complexity index is 459. The van der Waals surface area contributed by atoms with Gasteiger partial charge in [0.05, 0.1) is 24.0 Å². The zero-order chi connectivity index (χ0) is 18.2. The van der Waals surface area contributed by atoms with Crippen molar-refractivity contribution in [1.29, 1.82) is 10.5 Å². The Kier molecular flexibility index (Phi) is 8.20. The first-order valence-corrected chi connectivity index (χ1v) is 9.51. The third kappa shape index (κ3) is 6.80. The van der Waals surface area contributed by atoms with Crippen LogP contribution in [0.15, 0.2) is 0 Å². The predicted molar refractivity (Wildman–Crippen MR) is 99.2 cm³/mol. The number of nitrogens with one attached hydrogen (secondary N) is 2. The van der Waals surface area contributed by atoms with Gasteiger partial charge in [0.2, 0.25) is 0 Å². The summed E-state index contributed by atoms with van der Waals surface area (Å²) < 4.78 is 0. The highest BCUT2D eigenvalue weighted by Gasteiger charge is 2.40. The van der Waals surface area contributed by atoms with Gasteiger partial charge in [0.1, 0.15) is 0 Å². The van der Waals surface area contributed by atoms with Crippen molar-refractivity contribution in [3.05, 3.63) is 0 Å². The van der Waals surface area contributed by atoms with Crippen LogP contribution in [-0.2, 0) is 0 Å². The summed E-state index contributed by atoms with van der Waals surface area (Å²) in [6.07, 6.45) is 5.31. The highest BCUT2D eigenvalue weighted by atomic mass is 14.9. The molecule has 0 aliphatic heterocycles. The van der Waals surface area contributed by atoms with Gasteiger partial charge in [0.25, 0.3) is 0 Å². The van der Waals surface area contributed by atoms with Crippen LogP contribution in [0.2, 0.25) is 0 Å². The molecule has 136 valence electrons. The van der Waals surface area contributed by atoms with Crippen LogP contribution in [0.1, 0.15) is 66.7 Å². The average Bonchev–Trinajstić information content (AvgIpc) is 2.50. The molecule has 2 N–H and O–H groups in total. The van der Waals surface area contributed by atoms with Crippen LogP contribution < -0.4 is 10.6 Å². The van der Waals surface area contributed by atoms with Crippen molar-refractivity contribution in [3.8, 4) is 12.1 Å². The van der Waals surface area contributed by atoms with Crippen molar-refractivity contribution in [2.75, 3.05) is 19.6 Å². The Balaban J connectivity index is 2.60. The van der Waals surface area contributed by atoms with E-state index in [2.05, 4.69) is 57.4 Å². The van der Waals surface area contributed by atoms with E-state index in [0.29, 0.717) is 11.5 Å². The van der Waals surface area contributed by atoms with Crippen molar-refractivity contribution in [2.45, 2.75) is 72.8 Å². The van der Waals surface area contributed by atoms with Gasteiger partial charge in [-0.15, -0.1) is 0 Å². The Morgan fingerprint density at radius 2 is 1.58 bits per heavy atom. The first-order valence-electron chi connectivity index (χ1n) is 9.51. The molecular formula is C20H36N4. The van der Waals surface area contributed by atoms with Gasteiger partial charge in [0.15, 0.2) is 0 Å². The molecule has 4 heteroatoms. The lowest BCUT2D eigenvalue weighted by Crippen LogP contribution is -2.49. The van der Waals surface area contributed by atoms with Crippen LogP contribution in [0.3, 0.4) is 0 Å². The Labute approximate surface area is 149 Å². The van der Waals surface area contributed by atoms with Gasteiger partial charge in [-0.1, -0.05) is 34.6 Å². The number of hydrogen-bond donors (Lipinski definition) is 2. The van der Waals surface area contributed by atoms with Crippen molar-refractivity contribution in [1.82, 2.24) is 10.6 Å². The lowest BCUT2D eigenvalue weighted by molar-refractivity contribution is 0.0691. The zero-order valence-electron chi connectivity index (χ0n) is 16.3. The lowest BCUT2D eigenvalue weighted by atomic mass is 9.62. The smallest absolute Gasteiger partial charge is 0.0669 e. The second kappa shape index (κ2) is 9.40. The second-order valence-electron chi connectivity index (χ2n) is 8.76. The van der Waals surface area contributed by atoms with Gasteiger partial charge in [0, 0.05) is 25.7 Å².